The second-order valence-corrected chi connectivity index (χ2v) is 5.89. The summed E-state index contributed by atoms with van der Waals surface area (Å²) in [6.45, 7) is 8.05. The molecule has 4 heteroatoms. The van der Waals surface area contributed by atoms with Crippen LogP contribution in [0.2, 0.25) is 0 Å². The van der Waals surface area contributed by atoms with Crippen molar-refractivity contribution in [2.24, 2.45) is 0 Å². The number of hydrogen-bond acceptors (Lipinski definition) is 3. The molecule has 2 aromatic rings. The fourth-order valence-corrected chi connectivity index (χ4v) is 1.95. The van der Waals surface area contributed by atoms with Crippen molar-refractivity contribution in [3.8, 4) is 6.07 Å². The van der Waals surface area contributed by atoms with Gasteiger partial charge in [0.2, 0.25) is 0 Å². The molecule has 0 bridgehead atoms. The summed E-state index contributed by atoms with van der Waals surface area (Å²) in [5.74, 6) is 0. The highest BCUT2D eigenvalue weighted by Crippen LogP contribution is 2.10. The first kappa shape index (κ1) is 14.3. The molecule has 0 unspecified atom stereocenters. The molecule has 0 fully saturated rings. The molecule has 0 saturated heterocycles. The summed E-state index contributed by atoms with van der Waals surface area (Å²) in [7, 11) is 0. The number of nitriles is 1. The average Bonchev–Trinajstić information content (AvgIpc) is 2.83. The molecular formula is C16H20N4. The van der Waals surface area contributed by atoms with Crippen LogP contribution in [0, 0.1) is 11.3 Å². The Hall–Kier alpha value is -2.12. The van der Waals surface area contributed by atoms with Gasteiger partial charge >= 0.3 is 0 Å². The van der Waals surface area contributed by atoms with Crippen LogP contribution in [0.4, 0.5) is 0 Å². The lowest BCUT2D eigenvalue weighted by molar-refractivity contribution is 0.417. The fraction of sp³-hybridized carbons (Fsp3) is 0.375. The first-order valence-corrected chi connectivity index (χ1v) is 6.72. The quantitative estimate of drug-likeness (QED) is 0.927. The highest BCUT2D eigenvalue weighted by atomic mass is 15.0. The number of nitrogens with one attached hydrogen (secondary N) is 1. The van der Waals surface area contributed by atoms with Crippen LogP contribution in [0.25, 0.3) is 0 Å². The second kappa shape index (κ2) is 5.89. The normalized spacial score (nSPS) is 11.3. The zero-order valence-corrected chi connectivity index (χ0v) is 12.2. The van der Waals surface area contributed by atoms with Crippen LogP contribution in [0.1, 0.15) is 37.7 Å². The lowest BCUT2D eigenvalue weighted by Gasteiger charge is -2.21. The maximum absolute atomic E-state index is 8.89. The van der Waals surface area contributed by atoms with Gasteiger partial charge < -0.3 is 9.88 Å². The van der Waals surface area contributed by atoms with Crippen LogP contribution in [-0.4, -0.2) is 15.1 Å². The Morgan fingerprint density at radius 1 is 1.35 bits per heavy atom. The zero-order valence-electron chi connectivity index (χ0n) is 12.2. The molecule has 0 saturated carbocycles. The highest BCUT2D eigenvalue weighted by Gasteiger charge is 2.10. The summed E-state index contributed by atoms with van der Waals surface area (Å²) in [6.07, 6.45) is 3.75. The number of rotatable bonds is 4. The highest BCUT2D eigenvalue weighted by molar-refractivity contribution is 5.26. The van der Waals surface area contributed by atoms with Gasteiger partial charge in [-0.2, -0.15) is 5.26 Å². The Morgan fingerprint density at radius 2 is 2.15 bits per heavy atom. The molecular weight excluding hydrogens is 248 g/mol. The van der Waals surface area contributed by atoms with E-state index in [1.54, 1.807) is 6.20 Å². The van der Waals surface area contributed by atoms with E-state index in [-0.39, 0.29) is 5.54 Å². The predicted octanol–water partition coefficient (Wildman–Crippen LogP) is 2.69. The summed E-state index contributed by atoms with van der Waals surface area (Å²) in [5, 5.41) is 12.4. The Labute approximate surface area is 120 Å². The van der Waals surface area contributed by atoms with E-state index in [0.29, 0.717) is 5.69 Å². The number of hydrogen-bond donors (Lipinski definition) is 1. The fourth-order valence-electron chi connectivity index (χ4n) is 1.95. The largest absolute Gasteiger partial charge is 0.346 e. The van der Waals surface area contributed by atoms with Crippen LogP contribution < -0.4 is 5.32 Å². The summed E-state index contributed by atoms with van der Waals surface area (Å²) in [6, 6.07) is 10.0. The predicted molar refractivity (Wildman–Crippen MR) is 79.1 cm³/mol. The average molecular weight is 268 g/mol. The molecule has 4 nitrogen and oxygen atoms in total. The van der Waals surface area contributed by atoms with Crippen LogP contribution in [0.15, 0.2) is 36.7 Å². The van der Waals surface area contributed by atoms with Crippen molar-refractivity contribution >= 4 is 0 Å². The van der Waals surface area contributed by atoms with Crippen LogP contribution in [0.5, 0.6) is 0 Å². The van der Waals surface area contributed by atoms with Crippen molar-refractivity contribution in [1.82, 2.24) is 14.9 Å². The Morgan fingerprint density at radius 3 is 2.85 bits per heavy atom. The molecule has 104 valence electrons. The molecule has 0 aliphatic rings. The van der Waals surface area contributed by atoms with Gasteiger partial charge in [-0.15, -0.1) is 0 Å². The molecule has 0 amide bonds. The first-order chi connectivity index (χ1) is 9.48. The van der Waals surface area contributed by atoms with E-state index < -0.39 is 0 Å². The van der Waals surface area contributed by atoms with Crippen LogP contribution in [0.3, 0.4) is 0 Å². The topological polar surface area (TPSA) is 53.6 Å². The molecule has 2 rings (SSSR count). The van der Waals surface area contributed by atoms with Crippen molar-refractivity contribution in [2.75, 3.05) is 0 Å². The van der Waals surface area contributed by atoms with Gasteiger partial charge in [0.1, 0.15) is 11.8 Å². The Balaban J connectivity index is 2.10. The summed E-state index contributed by atoms with van der Waals surface area (Å²) in [5.41, 5.74) is 2.88. The van der Waals surface area contributed by atoms with Gasteiger partial charge in [-0.05, 0) is 50.6 Å². The monoisotopic (exact) mass is 268 g/mol. The molecule has 0 spiro atoms. The first-order valence-electron chi connectivity index (χ1n) is 6.72. The third kappa shape index (κ3) is 3.94. The lowest BCUT2D eigenvalue weighted by Crippen LogP contribution is -2.35. The Kier molecular flexibility index (Phi) is 4.21. The van der Waals surface area contributed by atoms with Gasteiger partial charge in [-0.25, -0.2) is 4.98 Å². The van der Waals surface area contributed by atoms with E-state index >= 15 is 0 Å². The smallest absolute Gasteiger partial charge is 0.140 e. The molecule has 20 heavy (non-hydrogen) atoms. The molecule has 0 aliphatic heterocycles. The maximum atomic E-state index is 8.89. The molecule has 0 radical (unpaired) electrons. The van der Waals surface area contributed by atoms with E-state index in [9.17, 15) is 0 Å². The van der Waals surface area contributed by atoms with E-state index in [1.807, 2.05) is 18.2 Å². The number of aromatic nitrogens is 2. The summed E-state index contributed by atoms with van der Waals surface area (Å²) in [4.78, 5) is 4.00. The van der Waals surface area contributed by atoms with Gasteiger partial charge in [0.05, 0.1) is 0 Å². The minimum atomic E-state index is 0.0970. The molecule has 2 heterocycles. The van der Waals surface area contributed by atoms with Crippen molar-refractivity contribution in [1.29, 1.82) is 5.26 Å². The number of nitrogens with zero attached hydrogens (tertiary/aromatic N) is 3. The third-order valence-corrected chi connectivity index (χ3v) is 3.02. The van der Waals surface area contributed by atoms with Gasteiger partial charge in [0.25, 0.3) is 0 Å². The van der Waals surface area contributed by atoms with Crippen LogP contribution >= 0.6 is 0 Å². The van der Waals surface area contributed by atoms with Gasteiger partial charge in [-0.3, -0.25) is 0 Å². The van der Waals surface area contributed by atoms with Crippen molar-refractivity contribution in [3.05, 3.63) is 53.6 Å². The van der Waals surface area contributed by atoms with Crippen molar-refractivity contribution < 1.29 is 0 Å². The lowest BCUT2D eigenvalue weighted by atomic mass is 10.1. The van der Waals surface area contributed by atoms with Crippen molar-refractivity contribution in [3.63, 3.8) is 0 Å². The second-order valence-electron chi connectivity index (χ2n) is 5.89. The van der Waals surface area contributed by atoms with E-state index in [1.165, 1.54) is 5.69 Å². The zero-order chi connectivity index (χ0) is 14.6. The third-order valence-electron chi connectivity index (χ3n) is 3.02. The van der Waals surface area contributed by atoms with Gasteiger partial charge in [0, 0.05) is 36.7 Å². The molecule has 0 aromatic carbocycles. The van der Waals surface area contributed by atoms with E-state index in [0.717, 1.165) is 18.7 Å². The minimum Gasteiger partial charge on any atom is -0.346 e. The molecule has 1 N–H and O–H groups in total. The standard InChI is InChI=1S/C16H20N4/c1-16(2,3)19-11-15-5-4-8-20(15)12-13-6-7-18-14(9-13)10-17/h4-9,19H,11-12H2,1-3H3. The van der Waals surface area contributed by atoms with Crippen molar-refractivity contribution in [2.45, 2.75) is 39.4 Å². The number of pyridine rings is 1. The maximum Gasteiger partial charge on any atom is 0.140 e. The van der Waals surface area contributed by atoms with E-state index in [4.69, 9.17) is 5.26 Å². The SMILES string of the molecule is CC(C)(C)NCc1cccn1Cc1ccnc(C#N)c1. The Bertz CT molecular complexity index is 614. The van der Waals surface area contributed by atoms with Crippen LogP contribution in [-0.2, 0) is 13.1 Å². The molecule has 2 aromatic heterocycles. The minimum absolute atomic E-state index is 0.0970. The molecule has 0 atom stereocenters. The molecule has 0 aliphatic carbocycles. The summed E-state index contributed by atoms with van der Waals surface area (Å²) < 4.78 is 2.19. The van der Waals surface area contributed by atoms with Gasteiger partial charge in [-0.1, -0.05) is 0 Å². The van der Waals surface area contributed by atoms with E-state index in [2.05, 4.69) is 54.0 Å². The summed E-state index contributed by atoms with van der Waals surface area (Å²) >= 11 is 0. The van der Waals surface area contributed by atoms with Gasteiger partial charge in [0.15, 0.2) is 0 Å².